The van der Waals surface area contributed by atoms with Gasteiger partial charge in [0.05, 0.1) is 19.1 Å². The molecule has 0 radical (unpaired) electrons. The SMILES string of the molecule is CCC(=O)N1CCN(C2CCCCC2)CC1.O=CCN1C(=O)[C@@H](N2CCOC2=O)[C@H]1/C=C/c1ccccc1.c1ccccc1. The summed E-state index contributed by atoms with van der Waals surface area (Å²) in [5.41, 5.74) is 0.996. The molecule has 2 aromatic carbocycles. The molecular formula is C35H46N4O5. The van der Waals surface area contributed by atoms with Gasteiger partial charge in [0.1, 0.15) is 18.9 Å². The van der Waals surface area contributed by atoms with Gasteiger partial charge in [0.15, 0.2) is 0 Å². The van der Waals surface area contributed by atoms with Crippen molar-refractivity contribution >= 4 is 30.3 Å². The van der Waals surface area contributed by atoms with Crippen LogP contribution in [-0.4, -0.2) is 108 Å². The molecule has 0 unspecified atom stereocenters. The van der Waals surface area contributed by atoms with Crippen LogP contribution in [-0.2, 0) is 19.1 Å². The third-order valence-electron chi connectivity index (χ3n) is 8.63. The smallest absolute Gasteiger partial charge is 0.410 e. The number of rotatable bonds is 7. The highest BCUT2D eigenvalue weighted by Crippen LogP contribution is 2.28. The molecule has 3 amide bonds. The molecule has 4 fully saturated rings. The third kappa shape index (κ3) is 9.02. The molecule has 236 valence electrons. The summed E-state index contributed by atoms with van der Waals surface area (Å²) in [6.07, 6.45) is 11.6. The number of nitrogens with zero attached hydrogens (tertiary/aromatic N) is 4. The van der Waals surface area contributed by atoms with E-state index in [1.165, 1.54) is 41.9 Å². The van der Waals surface area contributed by atoms with Crippen LogP contribution in [0.4, 0.5) is 4.79 Å². The van der Waals surface area contributed by atoms with Gasteiger partial charge in [0.2, 0.25) is 11.8 Å². The third-order valence-corrected chi connectivity index (χ3v) is 8.63. The largest absolute Gasteiger partial charge is 0.448 e. The van der Waals surface area contributed by atoms with Crippen LogP contribution in [0.25, 0.3) is 6.08 Å². The van der Waals surface area contributed by atoms with E-state index in [4.69, 9.17) is 4.74 Å². The van der Waals surface area contributed by atoms with Gasteiger partial charge < -0.3 is 19.3 Å². The van der Waals surface area contributed by atoms with E-state index in [0.29, 0.717) is 31.8 Å². The minimum absolute atomic E-state index is 0.0298. The van der Waals surface area contributed by atoms with Crippen molar-refractivity contribution < 1.29 is 23.9 Å². The maximum Gasteiger partial charge on any atom is 0.410 e. The van der Waals surface area contributed by atoms with Crippen LogP contribution in [0, 0.1) is 0 Å². The summed E-state index contributed by atoms with van der Waals surface area (Å²) in [4.78, 5) is 53.7. The molecular weight excluding hydrogens is 556 g/mol. The lowest BCUT2D eigenvalue weighted by Crippen LogP contribution is -2.70. The average Bonchev–Trinajstić information content (AvgIpc) is 3.51. The normalized spacial score (nSPS) is 22.3. The number of piperazine rings is 1. The first-order valence-corrected chi connectivity index (χ1v) is 16.0. The molecule has 1 aliphatic carbocycles. The number of aldehydes is 1. The number of amides is 3. The lowest BCUT2D eigenvalue weighted by molar-refractivity contribution is -0.154. The second-order valence-corrected chi connectivity index (χ2v) is 11.4. The van der Waals surface area contributed by atoms with Crippen LogP contribution in [0.1, 0.15) is 51.0 Å². The van der Waals surface area contributed by atoms with Crippen LogP contribution < -0.4 is 0 Å². The van der Waals surface area contributed by atoms with E-state index in [2.05, 4.69) is 4.90 Å². The Labute approximate surface area is 261 Å². The van der Waals surface area contributed by atoms with Crippen molar-refractivity contribution in [3.8, 4) is 0 Å². The first-order chi connectivity index (χ1) is 21.5. The average molecular weight is 603 g/mol. The summed E-state index contributed by atoms with van der Waals surface area (Å²) in [7, 11) is 0. The highest BCUT2D eigenvalue weighted by Gasteiger charge is 2.51. The van der Waals surface area contributed by atoms with Gasteiger partial charge in [-0.05, 0) is 18.4 Å². The lowest BCUT2D eigenvalue weighted by Gasteiger charge is -2.47. The Kier molecular flexibility index (Phi) is 13.0. The van der Waals surface area contributed by atoms with Crippen molar-refractivity contribution in [2.75, 3.05) is 45.9 Å². The Bertz CT molecular complexity index is 1180. The highest BCUT2D eigenvalue weighted by molar-refractivity contribution is 5.95. The van der Waals surface area contributed by atoms with E-state index in [9.17, 15) is 19.2 Å². The summed E-state index contributed by atoms with van der Waals surface area (Å²) in [5, 5.41) is 0. The van der Waals surface area contributed by atoms with E-state index in [1.54, 1.807) is 0 Å². The van der Waals surface area contributed by atoms with E-state index in [1.807, 2.05) is 90.7 Å². The molecule has 9 heteroatoms. The van der Waals surface area contributed by atoms with Gasteiger partial charge in [-0.25, -0.2) is 4.79 Å². The van der Waals surface area contributed by atoms with E-state index in [0.717, 1.165) is 37.8 Å². The highest BCUT2D eigenvalue weighted by atomic mass is 16.6. The summed E-state index contributed by atoms with van der Waals surface area (Å²) in [6, 6.07) is 21.6. The van der Waals surface area contributed by atoms with Crippen molar-refractivity contribution in [2.24, 2.45) is 0 Å². The van der Waals surface area contributed by atoms with Crippen LogP contribution in [0.3, 0.4) is 0 Å². The Morgan fingerprint density at radius 2 is 1.48 bits per heavy atom. The fourth-order valence-corrected chi connectivity index (χ4v) is 6.19. The molecule has 2 aromatic rings. The maximum absolute atomic E-state index is 12.2. The Balaban J connectivity index is 0.000000174. The fourth-order valence-electron chi connectivity index (χ4n) is 6.19. The van der Waals surface area contributed by atoms with Crippen molar-refractivity contribution in [1.29, 1.82) is 0 Å². The number of benzene rings is 2. The summed E-state index contributed by atoms with van der Waals surface area (Å²) in [6.45, 7) is 6.77. The second kappa shape index (κ2) is 17.3. The molecule has 0 spiro atoms. The number of carbonyl (C=O) groups is 4. The Morgan fingerprint density at radius 1 is 0.864 bits per heavy atom. The van der Waals surface area contributed by atoms with Gasteiger partial charge in [-0.1, -0.05) is 105 Å². The van der Waals surface area contributed by atoms with Crippen LogP contribution in [0.5, 0.6) is 0 Å². The number of hydrogen-bond acceptors (Lipinski definition) is 6. The predicted molar refractivity (Wildman–Crippen MR) is 171 cm³/mol. The van der Waals surface area contributed by atoms with Gasteiger partial charge in [0.25, 0.3) is 0 Å². The number of cyclic esters (lactones) is 1. The van der Waals surface area contributed by atoms with E-state index < -0.39 is 12.1 Å². The second-order valence-electron chi connectivity index (χ2n) is 11.4. The zero-order valence-electron chi connectivity index (χ0n) is 25.8. The minimum Gasteiger partial charge on any atom is -0.448 e. The molecule has 2 atom stereocenters. The number of ether oxygens (including phenoxy) is 1. The topological polar surface area (TPSA) is 90.5 Å². The zero-order valence-corrected chi connectivity index (χ0v) is 25.8. The maximum atomic E-state index is 12.2. The van der Waals surface area contributed by atoms with Gasteiger partial charge >= 0.3 is 6.09 Å². The zero-order chi connectivity index (χ0) is 31.1. The Morgan fingerprint density at radius 3 is 2.02 bits per heavy atom. The molecule has 3 aliphatic heterocycles. The van der Waals surface area contributed by atoms with Gasteiger partial charge in [-0.3, -0.25) is 19.4 Å². The summed E-state index contributed by atoms with van der Waals surface area (Å²) < 4.78 is 4.90. The standard InChI is InChI=1S/C16H16N2O4.C13H24N2O.C6H6/c19-10-8-17-13(7-6-12-4-2-1-3-5-12)14(15(17)20)18-9-11-22-16(18)21;1-2-13(16)15-10-8-14(9-11-15)12-6-4-3-5-7-12;1-2-4-6-5-3-1/h1-7,10,13-14H,8-9,11H2;12H,2-11H2,1H3;1-6H/b7-6+;;/t13-,14+;;/m1../s1. The molecule has 4 aliphatic rings. The molecule has 6 rings (SSSR count). The minimum atomic E-state index is -0.574. The van der Waals surface area contributed by atoms with Gasteiger partial charge in [-0.2, -0.15) is 0 Å². The molecule has 44 heavy (non-hydrogen) atoms. The van der Waals surface area contributed by atoms with Crippen molar-refractivity contribution in [3.05, 3.63) is 78.4 Å². The first kappa shape index (κ1) is 32.9. The van der Waals surface area contributed by atoms with E-state index >= 15 is 0 Å². The van der Waals surface area contributed by atoms with Crippen molar-refractivity contribution in [1.82, 2.24) is 19.6 Å². The molecule has 1 saturated carbocycles. The van der Waals surface area contributed by atoms with Crippen LogP contribution in [0.2, 0.25) is 0 Å². The number of likely N-dealkylation sites (tertiary alicyclic amines) is 1. The van der Waals surface area contributed by atoms with Crippen LogP contribution in [0.15, 0.2) is 72.8 Å². The van der Waals surface area contributed by atoms with Gasteiger partial charge in [0, 0.05) is 38.6 Å². The number of carbonyl (C=O) groups excluding carboxylic acids is 4. The molecule has 0 aromatic heterocycles. The van der Waals surface area contributed by atoms with Crippen LogP contribution >= 0.6 is 0 Å². The van der Waals surface area contributed by atoms with Crippen molar-refractivity contribution in [2.45, 2.75) is 63.6 Å². The van der Waals surface area contributed by atoms with E-state index in [-0.39, 0.29) is 18.5 Å². The Hall–Kier alpha value is -3.98. The predicted octanol–water partition coefficient (Wildman–Crippen LogP) is 4.49. The van der Waals surface area contributed by atoms with Crippen molar-refractivity contribution in [3.63, 3.8) is 0 Å². The number of hydrogen-bond donors (Lipinski definition) is 0. The monoisotopic (exact) mass is 602 g/mol. The number of β-lactam (4-membered cyclic amide) rings is 1. The lowest BCUT2D eigenvalue weighted by atomic mass is 9.92. The molecule has 0 N–H and O–H groups in total. The molecule has 3 saturated heterocycles. The fraction of sp³-hybridized carbons (Fsp3) is 0.486. The molecule has 3 heterocycles. The molecule has 0 bridgehead atoms. The molecule has 9 nitrogen and oxygen atoms in total. The first-order valence-electron chi connectivity index (χ1n) is 16.0. The summed E-state index contributed by atoms with van der Waals surface area (Å²) in [5.74, 6) is 0.108. The quantitative estimate of drug-likeness (QED) is 0.343. The van der Waals surface area contributed by atoms with Gasteiger partial charge in [-0.15, -0.1) is 0 Å². The summed E-state index contributed by atoms with van der Waals surface area (Å²) >= 11 is 0.